The van der Waals surface area contributed by atoms with Gasteiger partial charge in [-0.25, -0.2) is 9.97 Å². The second-order valence-corrected chi connectivity index (χ2v) is 4.60. The van der Waals surface area contributed by atoms with E-state index in [9.17, 15) is 4.79 Å². The topological polar surface area (TPSA) is 80.9 Å². The van der Waals surface area contributed by atoms with Crippen molar-refractivity contribution in [2.45, 2.75) is 0 Å². The van der Waals surface area contributed by atoms with Crippen LogP contribution in [0.5, 0.6) is 0 Å². The summed E-state index contributed by atoms with van der Waals surface area (Å²) in [6.45, 7) is 0. The molecule has 1 amide bonds. The average Bonchev–Trinajstić information content (AvgIpc) is 2.68. The Morgan fingerprint density at radius 1 is 1.56 bits per heavy atom. The average molecular weight is 299 g/mol. The molecule has 3 N–H and O–H groups in total. The van der Waals surface area contributed by atoms with Crippen LogP contribution in [0, 0.1) is 0 Å². The zero-order chi connectivity index (χ0) is 11.5. The number of nitrogen functional groups attached to an aromatic ring is 1. The van der Waals surface area contributed by atoms with E-state index in [1.807, 2.05) is 0 Å². The normalized spacial score (nSPS) is 10.1. The summed E-state index contributed by atoms with van der Waals surface area (Å²) in [4.78, 5) is 19.6. The number of rotatable bonds is 2. The predicted octanol–water partition coefficient (Wildman–Crippen LogP) is 2.14. The second kappa shape index (κ2) is 4.58. The minimum absolute atomic E-state index is 0.292. The fourth-order valence-electron chi connectivity index (χ4n) is 1.04. The largest absolute Gasteiger partial charge is 0.375 e. The molecule has 2 aromatic rings. The Labute approximate surface area is 104 Å². The fraction of sp³-hybridized carbons (Fsp3) is 0. The van der Waals surface area contributed by atoms with Gasteiger partial charge in [0.25, 0.3) is 5.91 Å². The Bertz CT molecular complexity index is 528. The summed E-state index contributed by atoms with van der Waals surface area (Å²) < 4.78 is 0.714. The number of nitrogens with zero attached hydrogens (tertiary/aromatic N) is 2. The number of carbonyl (C=O) groups excluding carboxylic acids is 1. The minimum atomic E-state index is -0.327. The van der Waals surface area contributed by atoms with Gasteiger partial charge in [0.2, 0.25) is 0 Å². The quantitative estimate of drug-likeness (QED) is 0.890. The van der Waals surface area contributed by atoms with Crippen molar-refractivity contribution in [3.63, 3.8) is 0 Å². The molecular formula is C9H7BrN4OS. The summed E-state index contributed by atoms with van der Waals surface area (Å²) in [6.07, 6.45) is 1.59. The van der Waals surface area contributed by atoms with Crippen LogP contribution in [0.3, 0.4) is 0 Å². The number of carbonyl (C=O) groups is 1. The molecule has 0 saturated carbocycles. The van der Waals surface area contributed by atoms with Gasteiger partial charge in [0.05, 0.1) is 4.47 Å². The van der Waals surface area contributed by atoms with Crippen LogP contribution >= 0.6 is 27.3 Å². The van der Waals surface area contributed by atoms with Crippen molar-refractivity contribution in [2.75, 3.05) is 11.1 Å². The molecule has 5 nitrogen and oxygen atoms in total. The molecule has 0 aliphatic carbocycles. The number of hydrogen-bond donors (Lipinski definition) is 2. The van der Waals surface area contributed by atoms with E-state index in [-0.39, 0.29) is 5.91 Å². The SMILES string of the molecule is Nc1nc(C(=O)Nc2ncccc2Br)cs1. The molecule has 7 heteroatoms. The molecule has 0 aliphatic heterocycles. The van der Waals surface area contributed by atoms with Crippen LogP contribution in [0.2, 0.25) is 0 Å². The standard InChI is InChI=1S/C9H7BrN4OS/c10-5-2-1-3-12-7(5)14-8(15)6-4-16-9(11)13-6/h1-4H,(H2,11,13)(H,12,14,15). The molecule has 0 bridgehead atoms. The zero-order valence-corrected chi connectivity index (χ0v) is 10.4. The third kappa shape index (κ3) is 2.37. The van der Waals surface area contributed by atoms with Gasteiger partial charge in [0, 0.05) is 11.6 Å². The van der Waals surface area contributed by atoms with Crippen molar-refractivity contribution in [1.29, 1.82) is 0 Å². The van der Waals surface area contributed by atoms with Crippen LogP contribution in [0.15, 0.2) is 28.2 Å². The first-order valence-electron chi connectivity index (χ1n) is 4.29. The number of nitrogens with one attached hydrogen (secondary N) is 1. The van der Waals surface area contributed by atoms with Gasteiger partial charge in [-0.15, -0.1) is 11.3 Å². The molecule has 0 atom stereocenters. The molecule has 0 aliphatic rings. The van der Waals surface area contributed by atoms with Crippen LogP contribution in [0.25, 0.3) is 0 Å². The lowest BCUT2D eigenvalue weighted by molar-refractivity contribution is 0.102. The van der Waals surface area contributed by atoms with E-state index in [1.165, 1.54) is 11.3 Å². The number of amides is 1. The molecule has 0 spiro atoms. The number of hydrogen-bond acceptors (Lipinski definition) is 5. The lowest BCUT2D eigenvalue weighted by atomic mass is 10.4. The maximum atomic E-state index is 11.7. The van der Waals surface area contributed by atoms with Gasteiger partial charge in [-0.2, -0.15) is 0 Å². The van der Waals surface area contributed by atoms with E-state index < -0.39 is 0 Å². The fourth-order valence-corrected chi connectivity index (χ4v) is 1.94. The summed E-state index contributed by atoms with van der Waals surface area (Å²) in [6, 6.07) is 3.55. The highest BCUT2D eigenvalue weighted by Crippen LogP contribution is 2.19. The highest BCUT2D eigenvalue weighted by atomic mass is 79.9. The highest BCUT2D eigenvalue weighted by molar-refractivity contribution is 9.10. The third-order valence-electron chi connectivity index (χ3n) is 1.74. The lowest BCUT2D eigenvalue weighted by Crippen LogP contribution is -2.13. The van der Waals surface area contributed by atoms with E-state index in [2.05, 4.69) is 31.2 Å². The monoisotopic (exact) mass is 298 g/mol. The maximum Gasteiger partial charge on any atom is 0.276 e. The van der Waals surface area contributed by atoms with Gasteiger partial charge in [0.15, 0.2) is 5.13 Å². The number of halogens is 1. The molecule has 2 aromatic heterocycles. The van der Waals surface area contributed by atoms with Crippen molar-refractivity contribution in [1.82, 2.24) is 9.97 Å². The number of aromatic nitrogens is 2. The molecule has 16 heavy (non-hydrogen) atoms. The predicted molar refractivity (Wildman–Crippen MR) is 66.4 cm³/mol. The molecule has 82 valence electrons. The van der Waals surface area contributed by atoms with Crippen molar-refractivity contribution in [2.24, 2.45) is 0 Å². The first-order chi connectivity index (χ1) is 7.66. The van der Waals surface area contributed by atoms with Crippen molar-refractivity contribution >= 4 is 44.1 Å². The molecule has 0 fully saturated rings. The summed E-state index contributed by atoms with van der Waals surface area (Å²) in [5, 5.41) is 4.60. The van der Waals surface area contributed by atoms with Crippen LogP contribution in [0.1, 0.15) is 10.5 Å². The highest BCUT2D eigenvalue weighted by Gasteiger charge is 2.11. The van der Waals surface area contributed by atoms with E-state index in [4.69, 9.17) is 5.73 Å². The van der Waals surface area contributed by atoms with Crippen LogP contribution in [0.4, 0.5) is 10.9 Å². The summed E-state index contributed by atoms with van der Waals surface area (Å²) in [7, 11) is 0. The molecule has 0 unspecified atom stereocenters. The Kier molecular flexibility index (Phi) is 3.16. The summed E-state index contributed by atoms with van der Waals surface area (Å²) >= 11 is 4.50. The Morgan fingerprint density at radius 2 is 2.38 bits per heavy atom. The summed E-state index contributed by atoms with van der Waals surface area (Å²) in [5.41, 5.74) is 5.73. The molecule has 0 aromatic carbocycles. The second-order valence-electron chi connectivity index (χ2n) is 2.86. The number of anilines is 2. The number of nitrogens with two attached hydrogens (primary N) is 1. The van der Waals surface area contributed by atoms with Gasteiger partial charge in [0.1, 0.15) is 11.5 Å². The maximum absolute atomic E-state index is 11.7. The van der Waals surface area contributed by atoms with Crippen LogP contribution in [-0.2, 0) is 0 Å². The first kappa shape index (κ1) is 11.0. The van der Waals surface area contributed by atoms with Crippen LogP contribution < -0.4 is 11.1 Å². The van der Waals surface area contributed by atoms with Gasteiger partial charge in [-0.3, -0.25) is 4.79 Å². The molecule has 0 saturated heterocycles. The van der Waals surface area contributed by atoms with Crippen molar-refractivity contribution in [3.05, 3.63) is 33.9 Å². The van der Waals surface area contributed by atoms with Gasteiger partial charge >= 0.3 is 0 Å². The molecule has 2 rings (SSSR count). The Morgan fingerprint density at radius 3 is 3.00 bits per heavy atom. The van der Waals surface area contributed by atoms with E-state index in [0.29, 0.717) is 21.1 Å². The Hall–Kier alpha value is -1.47. The smallest absolute Gasteiger partial charge is 0.276 e. The molecular weight excluding hydrogens is 292 g/mol. The minimum Gasteiger partial charge on any atom is -0.375 e. The van der Waals surface area contributed by atoms with Gasteiger partial charge in [-0.05, 0) is 28.1 Å². The van der Waals surface area contributed by atoms with Crippen LogP contribution in [-0.4, -0.2) is 15.9 Å². The third-order valence-corrected chi connectivity index (χ3v) is 3.06. The number of thiazole rings is 1. The van der Waals surface area contributed by atoms with E-state index >= 15 is 0 Å². The first-order valence-corrected chi connectivity index (χ1v) is 5.97. The molecule has 0 radical (unpaired) electrons. The Balaban J connectivity index is 2.17. The van der Waals surface area contributed by atoms with Gasteiger partial charge < -0.3 is 11.1 Å². The van der Waals surface area contributed by atoms with E-state index in [1.54, 1.807) is 23.7 Å². The molecule has 2 heterocycles. The lowest BCUT2D eigenvalue weighted by Gasteiger charge is -2.03. The van der Waals surface area contributed by atoms with Crippen molar-refractivity contribution in [3.8, 4) is 0 Å². The zero-order valence-electron chi connectivity index (χ0n) is 7.98. The van der Waals surface area contributed by atoms with Crippen molar-refractivity contribution < 1.29 is 4.79 Å². The van der Waals surface area contributed by atoms with E-state index in [0.717, 1.165) is 0 Å². The van der Waals surface area contributed by atoms with Gasteiger partial charge in [-0.1, -0.05) is 0 Å². The number of pyridine rings is 1. The summed E-state index contributed by atoms with van der Waals surface area (Å²) in [5.74, 6) is 0.131.